The maximum Gasteiger partial charge on any atom is 0.125 e. The van der Waals surface area contributed by atoms with E-state index in [1.54, 1.807) is 0 Å². The summed E-state index contributed by atoms with van der Waals surface area (Å²) in [6.07, 6.45) is 2.92. The molecule has 0 aromatic carbocycles. The van der Waals surface area contributed by atoms with E-state index < -0.39 is 6.23 Å². The van der Waals surface area contributed by atoms with E-state index >= 15 is 0 Å². The van der Waals surface area contributed by atoms with Gasteiger partial charge in [0.15, 0.2) is 0 Å². The number of hydrogen-bond donors (Lipinski definition) is 3. The molecular formula is C11H24N2O2. The second-order valence-electron chi connectivity index (χ2n) is 5.48. The van der Waals surface area contributed by atoms with E-state index in [9.17, 15) is 5.11 Å². The highest BCUT2D eigenvalue weighted by molar-refractivity contribution is 4.85. The fraction of sp³-hybridized carbons (Fsp3) is 1.00. The van der Waals surface area contributed by atoms with E-state index in [0.29, 0.717) is 0 Å². The third-order valence-electron chi connectivity index (χ3n) is 3.14. The molecule has 2 atom stereocenters. The quantitative estimate of drug-likeness (QED) is 0.620. The van der Waals surface area contributed by atoms with Crippen LogP contribution in [0.1, 0.15) is 40.0 Å². The van der Waals surface area contributed by atoms with Gasteiger partial charge in [-0.25, -0.2) is 0 Å². The molecule has 0 radical (unpaired) electrons. The van der Waals surface area contributed by atoms with Crippen LogP contribution in [-0.4, -0.2) is 40.6 Å². The molecule has 0 amide bonds. The molecule has 15 heavy (non-hydrogen) atoms. The number of hydroxylamine groups is 1. The molecule has 3 N–H and O–H groups in total. The third-order valence-corrected chi connectivity index (χ3v) is 3.14. The van der Waals surface area contributed by atoms with Crippen molar-refractivity contribution in [1.82, 2.24) is 10.4 Å². The Morgan fingerprint density at radius 3 is 2.07 bits per heavy atom. The average Bonchev–Trinajstić information content (AvgIpc) is 2.18. The lowest BCUT2D eigenvalue weighted by molar-refractivity contribution is -0.0939. The van der Waals surface area contributed by atoms with Crippen LogP contribution in [0.4, 0.5) is 0 Å². The van der Waals surface area contributed by atoms with Gasteiger partial charge in [0.1, 0.15) is 6.23 Å². The highest BCUT2D eigenvalue weighted by Crippen LogP contribution is 2.24. The van der Waals surface area contributed by atoms with Crippen molar-refractivity contribution in [3.8, 4) is 0 Å². The van der Waals surface area contributed by atoms with E-state index in [2.05, 4.69) is 5.48 Å². The van der Waals surface area contributed by atoms with Crippen molar-refractivity contribution in [2.24, 2.45) is 5.41 Å². The van der Waals surface area contributed by atoms with E-state index in [1.165, 1.54) is 6.42 Å². The van der Waals surface area contributed by atoms with Gasteiger partial charge in [-0.1, -0.05) is 27.2 Å². The minimum Gasteiger partial charge on any atom is -0.377 e. The van der Waals surface area contributed by atoms with Crippen LogP contribution < -0.4 is 5.48 Å². The van der Waals surface area contributed by atoms with Crippen molar-refractivity contribution in [1.29, 1.82) is 0 Å². The Bertz CT molecular complexity index is 186. The first kappa shape index (κ1) is 12.9. The first-order valence-electron chi connectivity index (χ1n) is 5.78. The lowest BCUT2D eigenvalue weighted by Gasteiger charge is -2.40. The van der Waals surface area contributed by atoms with Crippen molar-refractivity contribution in [3.63, 3.8) is 0 Å². The molecule has 0 aromatic rings. The summed E-state index contributed by atoms with van der Waals surface area (Å²) < 4.78 is 0. The van der Waals surface area contributed by atoms with Crippen LogP contribution in [0, 0.1) is 5.41 Å². The zero-order valence-electron chi connectivity index (χ0n) is 10.0. The summed E-state index contributed by atoms with van der Waals surface area (Å²) in [5.74, 6) is 0. The van der Waals surface area contributed by atoms with E-state index in [-0.39, 0.29) is 11.5 Å². The molecule has 90 valence electrons. The fourth-order valence-corrected chi connectivity index (χ4v) is 2.10. The maximum atomic E-state index is 10.2. The standard InChI is InChI=1S/C11H24N2O2/c1-11(2,3)9(12-15)10(14)13-7-5-4-6-8-13/h9-10,12,14-15H,4-8H2,1-3H3/t9-,10+/m0/s1. The number of nitrogens with one attached hydrogen (secondary N) is 1. The molecule has 0 spiro atoms. The topological polar surface area (TPSA) is 55.7 Å². The molecule has 1 aliphatic heterocycles. The van der Waals surface area contributed by atoms with Gasteiger partial charge in [0, 0.05) is 13.1 Å². The Labute approximate surface area is 92.2 Å². The van der Waals surface area contributed by atoms with Crippen molar-refractivity contribution in [2.75, 3.05) is 13.1 Å². The van der Waals surface area contributed by atoms with Crippen molar-refractivity contribution in [3.05, 3.63) is 0 Å². The summed E-state index contributed by atoms with van der Waals surface area (Å²) in [6.45, 7) is 7.88. The summed E-state index contributed by atoms with van der Waals surface area (Å²) in [7, 11) is 0. The Morgan fingerprint density at radius 2 is 1.67 bits per heavy atom. The summed E-state index contributed by atoms with van der Waals surface area (Å²) in [5.41, 5.74) is 2.09. The molecular weight excluding hydrogens is 192 g/mol. The number of rotatable bonds is 3. The van der Waals surface area contributed by atoms with Crippen molar-refractivity contribution >= 4 is 0 Å². The van der Waals surface area contributed by atoms with Crippen LogP contribution in [0.2, 0.25) is 0 Å². The zero-order valence-corrected chi connectivity index (χ0v) is 10.0. The van der Waals surface area contributed by atoms with Gasteiger partial charge in [0.2, 0.25) is 0 Å². The van der Waals surface area contributed by atoms with Gasteiger partial charge in [-0.15, -0.1) is 0 Å². The lowest BCUT2D eigenvalue weighted by atomic mass is 9.85. The predicted molar refractivity (Wildman–Crippen MR) is 59.6 cm³/mol. The van der Waals surface area contributed by atoms with Gasteiger partial charge in [0.05, 0.1) is 6.04 Å². The minimum absolute atomic E-state index is 0.161. The number of hydrogen-bond acceptors (Lipinski definition) is 4. The molecule has 1 heterocycles. The lowest BCUT2D eigenvalue weighted by Crippen LogP contribution is -2.56. The molecule has 4 nitrogen and oxygen atoms in total. The molecule has 0 aromatic heterocycles. The Morgan fingerprint density at radius 1 is 1.13 bits per heavy atom. The largest absolute Gasteiger partial charge is 0.377 e. The first-order chi connectivity index (χ1) is 6.96. The van der Waals surface area contributed by atoms with Crippen LogP contribution in [0.5, 0.6) is 0 Å². The van der Waals surface area contributed by atoms with E-state index in [4.69, 9.17) is 5.21 Å². The normalized spacial score (nSPS) is 23.8. The molecule has 0 bridgehead atoms. The molecule has 0 aliphatic carbocycles. The molecule has 0 saturated carbocycles. The molecule has 0 unspecified atom stereocenters. The SMILES string of the molecule is CC(C)(C)[C@@H](NO)[C@@H](O)N1CCCCC1. The van der Waals surface area contributed by atoms with Crippen molar-refractivity contribution < 1.29 is 10.3 Å². The predicted octanol–water partition coefficient (Wildman–Crippen LogP) is 1.18. The van der Waals surface area contributed by atoms with Gasteiger partial charge < -0.3 is 10.3 Å². The molecule has 1 aliphatic rings. The number of likely N-dealkylation sites (tertiary alicyclic amines) is 1. The second kappa shape index (κ2) is 5.25. The third kappa shape index (κ3) is 3.41. The Hall–Kier alpha value is -0.160. The number of piperidine rings is 1. The summed E-state index contributed by atoms with van der Waals surface area (Å²) in [4.78, 5) is 2.04. The minimum atomic E-state index is -0.602. The number of aliphatic hydroxyl groups is 1. The van der Waals surface area contributed by atoms with Crippen molar-refractivity contribution in [2.45, 2.75) is 52.3 Å². The maximum absolute atomic E-state index is 10.2. The highest BCUT2D eigenvalue weighted by atomic mass is 16.5. The first-order valence-corrected chi connectivity index (χ1v) is 5.78. The van der Waals surface area contributed by atoms with Crippen LogP contribution in [0.15, 0.2) is 0 Å². The van der Waals surface area contributed by atoms with Crippen LogP contribution in [0.3, 0.4) is 0 Å². The van der Waals surface area contributed by atoms with Gasteiger partial charge in [-0.2, -0.15) is 5.48 Å². The van der Waals surface area contributed by atoms with Crippen LogP contribution in [-0.2, 0) is 0 Å². The highest BCUT2D eigenvalue weighted by Gasteiger charge is 2.34. The van der Waals surface area contributed by atoms with Gasteiger partial charge in [-0.3, -0.25) is 4.90 Å². The molecule has 1 saturated heterocycles. The number of aliphatic hydroxyl groups excluding tert-OH is 1. The van der Waals surface area contributed by atoms with Gasteiger partial charge in [-0.05, 0) is 18.3 Å². The smallest absolute Gasteiger partial charge is 0.125 e. The van der Waals surface area contributed by atoms with Gasteiger partial charge >= 0.3 is 0 Å². The number of nitrogens with zero attached hydrogens (tertiary/aromatic N) is 1. The summed E-state index contributed by atoms with van der Waals surface area (Å²) in [6, 6.07) is -0.310. The summed E-state index contributed by atoms with van der Waals surface area (Å²) >= 11 is 0. The van der Waals surface area contributed by atoms with Gasteiger partial charge in [0.25, 0.3) is 0 Å². The van der Waals surface area contributed by atoms with Crippen LogP contribution in [0.25, 0.3) is 0 Å². The fourth-order valence-electron chi connectivity index (χ4n) is 2.10. The molecule has 4 heteroatoms. The second-order valence-corrected chi connectivity index (χ2v) is 5.48. The van der Waals surface area contributed by atoms with E-state index in [0.717, 1.165) is 25.9 Å². The zero-order chi connectivity index (χ0) is 11.5. The Kier molecular flexibility index (Phi) is 4.52. The molecule has 1 fully saturated rings. The monoisotopic (exact) mass is 216 g/mol. The average molecular weight is 216 g/mol. The van der Waals surface area contributed by atoms with E-state index in [1.807, 2.05) is 25.7 Å². The molecule has 1 rings (SSSR count). The Balaban J connectivity index is 2.59. The summed E-state index contributed by atoms with van der Waals surface area (Å²) in [5, 5.41) is 19.3. The van der Waals surface area contributed by atoms with Crippen LogP contribution >= 0.6 is 0 Å².